The number of hydrogen-bond acceptors (Lipinski definition) is 5. The van der Waals surface area contributed by atoms with E-state index in [0.717, 1.165) is 0 Å². The lowest BCUT2D eigenvalue weighted by Crippen LogP contribution is -2.46. The number of aliphatic hydroxyl groups is 1. The zero-order chi connectivity index (χ0) is 14.3. The summed E-state index contributed by atoms with van der Waals surface area (Å²) in [6.07, 6.45) is 4.01. The molecule has 106 valence electrons. The van der Waals surface area contributed by atoms with E-state index in [4.69, 9.17) is 0 Å². The van der Waals surface area contributed by atoms with Crippen molar-refractivity contribution in [3.05, 3.63) is 33.7 Å². The number of hydrogen-bond donors (Lipinski definition) is 1. The van der Waals surface area contributed by atoms with Gasteiger partial charge in [-0.1, -0.05) is 0 Å². The molecular formula is C13H15N3O3S. The maximum atomic E-state index is 12.4. The van der Waals surface area contributed by atoms with Crippen LogP contribution in [0, 0.1) is 0 Å². The molecule has 2 aromatic heterocycles. The third kappa shape index (κ3) is 2.23. The standard InChI is InChI=1S/C13H15N3O3S/c1-13(19)2-4-15(5-3-13)10(17)9-8-14-12-16(11(9)18)6-7-20-12/h6-8,19H,2-5H2,1H3. The third-order valence-corrected chi connectivity index (χ3v) is 4.47. The van der Waals surface area contributed by atoms with Gasteiger partial charge < -0.3 is 10.0 Å². The molecule has 1 aliphatic heterocycles. The maximum absolute atomic E-state index is 12.4. The highest BCUT2D eigenvalue weighted by Crippen LogP contribution is 2.22. The minimum Gasteiger partial charge on any atom is -0.390 e. The summed E-state index contributed by atoms with van der Waals surface area (Å²) in [7, 11) is 0. The Balaban J connectivity index is 1.90. The minimum absolute atomic E-state index is 0.0856. The third-order valence-electron chi connectivity index (χ3n) is 3.70. The van der Waals surface area contributed by atoms with Crippen LogP contribution in [0.1, 0.15) is 30.1 Å². The van der Waals surface area contributed by atoms with E-state index in [1.807, 2.05) is 0 Å². The molecule has 0 saturated carbocycles. The summed E-state index contributed by atoms with van der Waals surface area (Å²) < 4.78 is 1.39. The van der Waals surface area contributed by atoms with Gasteiger partial charge >= 0.3 is 0 Å². The van der Waals surface area contributed by atoms with Crippen molar-refractivity contribution in [2.24, 2.45) is 0 Å². The molecule has 0 radical (unpaired) electrons. The molecule has 1 N–H and O–H groups in total. The molecule has 1 fully saturated rings. The SMILES string of the molecule is CC1(O)CCN(C(=O)c2cnc3sccn3c2=O)CC1. The van der Waals surface area contributed by atoms with Gasteiger partial charge in [0, 0.05) is 30.9 Å². The van der Waals surface area contributed by atoms with Crippen molar-refractivity contribution in [1.29, 1.82) is 0 Å². The minimum atomic E-state index is -0.721. The van der Waals surface area contributed by atoms with E-state index >= 15 is 0 Å². The number of carbonyl (C=O) groups is 1. The molecule has 1 saturated heterocycles. The average Bonchev–Trinajstić information content (AvgIpc) is 2.88. The van der Waals surface area contributed by atoms with E-state index in [2.05, 4.69) is 4.98 Å². The maximum Gasteiger partial charge on any atom is 0.271 e. The lowest BCUT2D eigenvalue weighted by Gasteiger charge is -2.35. The molecule has 0 spiro atoms. The lowest BCUT2D eigenvalue weighted by atomic mass is 9.93. The second-order valence-corrected chi connectivity index (χ2v) is 6.19. The van der Waals surface area contributed by atoms with Crippen molar-refractivity contribution in [3.63, 3.8) is 0 Å². The summed E-state index contributed by atoms with van der Waals surface area (Å²) in [5.74, 6) is -0.307. The Kier molecular flexibility index (Phi) is 3.10. The van der Waals surface area contributed by atoms with E-state index in [9.17, 15) is 14.7 Å². The number of piperidine rings is 1. The van der Waals surface area contributed by atoms with Crippen LogP contribution in [0.5, 0.6) is 0 Å². The van der Waals surface area contributed by atoms with Gasteiger partial charge in [0.1, 0.15) is 5.56 Å². The Hall–Kier alpha value is -1.73. The number of carbonyl (C=O) groups excluding carboxylic acids is 1. The molecule has 0 atom stereocenters. The van der Waals surface area contributed by atoms with Crippen LogP contribution in [0.3, 0.4) is 0 Å². The summed E-state index contributed by atoms with van der Waals surface area (Å²) >= 11 is 1.35. The van der Waals surface area contributed by atoms with Crippen LogP contribution in [0.4, 0.5) is 0 Å². The number of aromatic nitrogens is 2. The van der Waals surface area contributed by atoms with Crippen LogP contribution in [0.2, 0.25) is 0 Å². The fourth-order valence-electron chi connectivity index (χ4n) is 2.33. The lowest BCUT2D eigenvalue weighted by molar-refractivity contribution is -0.00208. The van der Waals surface area contributed by atoms with Gasteiger partial charge in [0.05, 0.1) is 5.60 Å². The molecular weight excluding hydrogens is 278 g/mol. The van der Waals surface area contributed by atoms with Crippen LogP contribution in [0.15, 0.2) is 22.6 Å². The van der Waals surface area contributed by atoms with E-state index in [1.54, 1.807) is 23.4 Å². The predicted molar refractivity (Wildman–Crippen MR) is 75.1 cm³/mol. The normalized spacial score (nSPS) is 18.4. The zero-order valence-corrected chi connectivity index (χ0v) is 11.9. The van der Waals surface area contributed by atoms with Crippen molar-refractivity contribution in [3.8, 4) is 0 Å². The first-order valence-corrected chi connectivity index (χ1v) is 7.32. The quantitative estimate of drug-likeness (QED) is 0.841. The van der Waals surface area contributed by atoms with Gasteiger partial charge in [-0.15, -0.1) is 11.3 Å². The molecule has 20 heavy (non-hydrogen) atoms. The van der Waals surface area contributed by atoms with Crippen molar-refractivity contribution < 1.29 is 9.90 Å². The van der Waals surface area contributed by atoms with Crippen LogP contribution < -0.4 is 5.56 Å². The Morgan fingerprint density at radius 3 is 2.85 bits per heavy atom. The van der Waals surface area contributed by atoms with Gasteiger partial charge in [-0.3, -0.25) is 14.0 Å². The van der Waals surface area contributed by atoms with Gasteiger partial charge in [-0.25, -0.2) is 4.98 Å². The molecule has 1 aliphatic rings. The zero-order valence-electron chi connectivity index (χ0n) is 11.1. The van der Waals surface area contributed by atoms with Crippen molar-refractivity contribution in [2.75, 3.05) is 13.1 Å². The number of amides is 1. The number of thiazole rings is 1. The number of likely N-dealkylation sites (tertiary alicyclic amines) is 1. The fourth-order valence-corrected chi connectivity index (χ4v) is 3.01. The van der Waals surface area contributed by atoms with Crippen LogP contribution in [-0.2, 0) is 0 Å². The first-order chi connectivity index (χ1) is 9.48. The molecule has 1 amide bonds. The number of rotatable bonds is 1. The second kappa shape index (κ2) is 4.68. The molecule has 3 rings (SSSR count). The average molecular weight is 293 g/mol. The van der Waals surface area contributed by atoms with Crippen molar-refractivity contribution >= 4 is 22.2 Å². The van der Waals surface area contributed by atoms with Crippen LogP contribution in [0.25, 0.3) is 4.96 Å². The summed E-state index contributed by atoms with van der Waals surface area (Å²) in [5.41, 5.74) is -0.970. The van der Waals surface area contributed by atoms with Gasteiger partial charge in [-0.05, 0) is 19.8 Å². The summed E-state index contributed by atoms with van der Waals surface area (Å²) in [6, 6.07) is 0. The largest absolute Gasteiger partial charge is 0.390 e. The van der Waals surface area contributed by atoms with E-state index in [-0.39, 0.29) is 17.0 Å². The molecule has 0 unspecified atom stereocenters. The summed E-state index contributed by atoms with van der Waals surface area (Å²) in [6.45, 7) is 2.68. The Morgan fingerprint density at radius 1 is 1.45 bits per heavy atom. The van der Waals surface area contributed by atoms with Gasteiger partial charge in [-0.2, -0.15) is 0 Å². The van der Waals surface area contributed by atoms with Crippen molar-refractivity contribution in [1.82, 2.24) is 14.3 Å². The van der Waals surface area contributed by atoms with E-state index in [0.29, 0.717) is 30.9 Å². The van der Waals surface area contributed by atoms with Crippen molar-refractivity contribution in [2.45, 2.75) is 25.4 Å². The predicted octanol–water partition coefficient (Wildman–Crippen LogP) is 0.743. The molecule has 2 aromatic rings. The molecule has 6 nitrogen and oxygen atoms in total. The molecule has 0 aliphatic carbocycles. The smallest absolute Gasteiger partial charge is 0.271 e. The highest BCUT2D eigenvalue weighted by atomic mass is 32.1. The summed E-state index contributed by atoms with van der Waals surface area (Å²) in [4.78, 5) is 30.9. The molecule has 7 heteroatoms. The van der Waals surface area contributed by atoms with Gasteiger partial charge in [0.2, 0.25) is 0 Å². The summed E-state index contributed by atoms with van der Waals surface area (Å²) in [5, 5.41) is 11.7. The fraction of sp³-hybridized carbons (Fsp3) is 0.462. The van der Waals surface area contributed by atoms with Gasteiger partial charge in [0.25, 0.3) is 11.5 Å². The first kappa shape index (κ1) is 13.3. The Morgan fingerprint density at radius 2 is 2.15 bits per heavy atom. The highest BCUT2D eigenvalue weighted by Gasteiger charge is 2.31. The Bertz CT molecular complexity index is 709. The monoisotopic (exact) mass is 293 g/mol. The molecule has 3 heterocycles. The number of nitrogens with zero attached hydrogens (tertiary/aromatic N) is 3. The van der Waals surface area contributed by atoms with Crippen LogP contribution in [-0.4, -0.2) is 44.0 Å². The second-order valence-electron chi connectivity index (χ2n) is 5.32. The van der Waals surface area contributed by atoms with Gasteiger partial charge in [0.15, 0.2) is 4.96 Å². The first-order valence-electron chi connectivity index (χ1n) is 6.44. The molecule has 0 aromatic carbocycles. The molecule has 0 bridgehead atoms. The highest BCUT2D eigenvalue weighted by molar-refractivity contribution is 7.15. The number of fused-ring (bicyclic) bond motifs is 1. The van der Waals surface area contributed by atoms with E-state index < -0.39 is 5.60 Å². The van der Waals surface area contributed by atoms with E-state index in [1.165, 1.54) is 21.9 Å². The topological polar surface area (TPSA) is 74.9 Å². The van der Waals surface area contributed by atoms with Crippen LogP contribution >= 0.6 is 11.3 Å². The Labute approximate surface area is 119 Å².